The van der Waals surface area contributed by atoms with Crippen LogP contribution in [0.4, 0.5) is 5.69 Å². The summed E-state index contributed by atoms with van der Waals surface area (Å²) in [4.78, 5) is 37.5. The van der Waals surface area contributed by atoms with Crippen molar-refractivity contribution in [1.82, 2.24) is 19.9 Å². The van der Waals surface area contributed by atoms with Crippen LogP contribution in [0, 0.1) is 0 Å². The van der Waals surface area contributed by atoms with Gasteiger partial charge in [0.25, 0.3) is 0 Å². The molecule has 2 N–H and O–H groups in total. The number of hydrogen-bond acceptors (Lipinski definition) is 4. The maximum atomic E-state index is 11.7. The number of carbonyl (C=O) groups is 1. The van der Waals surface area contributed by atoms with Gasteiger partial charge in [0.1, 0.15) is 5.65 Å². The van der Waals surface area contributed by atoms with Crippen LogP contribution in [0.1, 0.15) is 0 Å². The fraction of sp³-hybridized carbons (Fsp3) is 0.211. The maximum absolute atomic E-state index is 11.7. The zero-order valence-electron chi connectivity index (χ0n) is 14.4. The molecule has 0 saturated carbocycles. The summed E-state index contributed by atoms with van der Waals surface area (Å²) in [6.07, 6.45) is 6.67. The number of nitrogens with zero attached hydrogens (tertiary/aromatic N) is 3. The summed E-state index contributed by atoms with van der Waals surface area (Å²) in [6.45, 7) is 5.05. The SMILES string of the molecule is C=CC(=O)N(C)C1CN(c2cnc3[nH]cc(-c4cc[nH]c(=O)c4)c3c2)C1. The van der Waals surface area contributed by atoms with Gasteiger partial charge in [0.15, 0.2) is 0 Å². The van der Waals surface area contributed by atoms with E-state index in [0.717, 1.165) is 40.9 Å². The molecule has 7 nitrogen and oxygen atoms in total. The van der Waals surface area contributed by atoms with E-state index in [1.165, 1.54) is 6.08 Å². The average molecular weight is 349 g/mol. The Morgan fingerprint density at radius 1 is 1.38 bits per heavy atom. The monoisotopic (exact) mass is 349 g/mol. The van der Waals surface area contributed by atoms with Gasteiger partial charge >= 0.3 is 0 Å². The number of pyridine rings is 2. The molecule has 7 heteroatoms. The van der Waals surface area contributed by atoms with E-state index >= 15 is 0 Å². The molecule has 0 unspecified atom stereocenters. The molecular formula is C19H19N5O2. The Morgan fingerprint density at radius 3 is 2.92 bits per heavy atom. The van der Waals surface area contributed by atoms with Crippen molar-refractivity contribution in [3.05, 3.63) is 59.8 Å². The zero-order chi connectivity index (χ0) is 18.3. The van der Waals surface area contributed by atoms with E-state index in [9.17, 15) is 9.59 Å². The molecule has 4 heterocycles. The molecule has 4 rings (SSSR count). The molecule has 26 heavy (non-hydrogen) atoms. The van der Waals surface area contributed by atoms with Crippen molar-refractivity contribution in [1.29, 1.82) is 0 Å². The highest BCUT2D eigenvalue weighted by Crippen LogP contribution is 2.31. The van der Waals surface area contributed by atoms with Crippen molar-refractivity contribution in [3.8, 4) is 11.1 Å². The fourth-order valence-electron chi connectivity index (χ4n) is 3.25. The molecule has 0 aliphatic carbocycles. The molecular weight excluding hydrogens is 330 g/mol. The molecule has 3 aromatic rings. The molecule has 1 aliphatic rings. The van der Waals surface area contributed by atoms with Crippen LogP contribution < -0.4 is 10.5 Å². The Hall–Kier alpha value is -3.35. The van der Waals surface area contributed by atoms with Gasteiger partial charge in [-0.25, -0.2) is 4.98 Å². The van der Waals surface area contributed by atoms with E-state index in [1.54, 1.807) is 24.2 Å². The molecule has 132 valence electrons. The van der Waals surface area contributed by atoms with Gasteiger partial charge in [-0.1, -0.05) is 6.58 Å². The predicted molar refractivity (Wildman–Crippen MR) is 101 cm³/mol. The van der Waals surface area contributed by atoms with Crippen molar-refractivity contribution < 1.29 is 4.79 Å². The van der Waals surface area contributed by atoms with Gasteiger partial charge in [-0.15, -0.1) is 0 Å². The van der Waals surface area contributed by atoms with Crippen molar-refractivity contribution in [2.45, 2.75) is 6.04 Å². The molecule has 0 spiro atoms. The number of carbonyl (C=O) groups excluding carboxylic acids is 1. The minimum Gasteiger partial charge on any atom is -0.366 e. The lowest BCUT2D eigenvalue weighted by Crippen LogP contribution is -2.59. The number of hydrogen-bond donors (Lipinski definition) is 2. The van der Waals surface area contributed by atoms with E-state index in [2.05, 4.69) is 32.5 Å². The van der Waals surface area contributed by atoms with Crippen LogP contribution in [0.15, 0.2) is 54.2 Å². The first-order valence-electron chi connectivity index (χ1n) is 8.37. The second kappa shape index (κ2) is 6.18. The van der Waals surface area contributed by atoms with Crippen LogP contribution in [0.2, 0.25) is 0 Å². The topological polar surface area (TPSA) is 85.1 Å². The molecule has 1 aliphatic heterocycles. The standard InChI is InChI=1S/C19H19N5O2/c1-3-18(26)23(2)14-10-24(11-14)13-7-15-16(9-22-19(15)21-8-13)12-4-5-20-17(25)6-12/h3-9,14H,1,10-11H2,2H3,(H,20,25)(H,21,22). The second-order valence-electron chi connectivity index (χ2n) is 6.45. The third kappa shape index (κ3) is 2.67. The Bertz CT molecular complexity index is 1050. The number of H-pyrrole nitrogens is 2. The van der Waals surface area contributed by atoms with Crippen LogP contribution >= 0.6 is 0 Å². The van der Waals surface area contributed by atoms with Crippen molar-refractivity contribution >= 4 is 22.6 Å². The van der Waals surface area contributed by atoms with Crippen LogP contribution in [0.25, 0.3) is 22.2 Å². The van der Waals surface area contributed by atoms with E-state index in [0.29, 0.717) is 0 Å². The Balaban J connectivity index is 1.61. The summed E-state index contributed by atoms with van der Waals surface area (Å²) in [6, 6.07) is 5.69. The number of nitrogens with one attached hydrogen (secondary N) is 2. The van der Waals surface area contributed by atoms with Crippen LogP contribution in [0.5, 0.6) is 0 Å². The normalized spacial score (nSPS) is 14.3. The van der Waals surface area contributed by atoms with E-state index in [-0.39, 0.29) is 17.5 Å². The maximum Gasteiger partial charge on any atom is 0.248 e. The highest BCUT2D eigenvalue weighted by atomic mass is 16.2. The molecule has 1 saturated heterocycles. The van der Waals surface area contributed by atoms with E-state index in [1.807, 2.05) is 18.5 Å². The molecule has 3 aromatic heterocycles. The van der Waals surface area contributed by atoms with E-state index in [4.69, 9.17) is 0 Å². The summed E-state index contributed by atoms with van der Waals surface area (Å²) >= 11 is 0. The number of aromatic nitrogens is 3. The van der Waals surface area contributed by atoms with Crippen molar-refractivity contribution in [3.63, 3.8) is 0 Å². The first kappa shape index (κ1) is 16.1. The summed E-state index contributed by atoms with van der Waals surface area (Å²) < 4.78 is 0. The third-order valence-electron chi connectivity index (χ3n) is 4.90. The van der Waals surface area contributed by atoms with Gasteiger partial charge in [0, 0.05) is 49.5 Å². The number of rotatable bonds is 4. The summed E-state index contributed by atoms with van der Waals surface area (Å²) in [5.41, 5.74) is 3.42. The zero-order valence-corrected chi connectivity index (χ0v) is 14.4. The minimum atomic E-state index is -0.138. The number of fused-ring (bicyclic) bond motifs is 1. The molecule has 0 radical (unpaired) electrons. The van der Waals surface area contributed by atoms with Gasteiger partial charge in [0.05, 0.1) is 17.9 Å². The number of anilines is 1. The Labute approximate surface area is 150 Å². The molecule has 1 fully saturated rings. The quantitative estimate of drug-likeness (QED) is 0.703. The number of likely N-dealkylation sites (N-methyl/N-ethyl adjacent to an activating group) is 1. The highest BCUT2D eigenvalue weighted by Gasteiger charge is 2.32. The van der Waals surface area contributed by atoms with Gasteiger partial charge in [0.2, 0.25) is 11.5 Å². The van der Waals surface area contributed by atoms with E-state index < -0.39 is 0 Å². The van der Waals surface area contributed by atoms with Gasteiger partial charge < -0.3 is 19.8 Å². The second-order valence-corrected chi connectivity index (χ2v) is 6.45. The predicted octanol–water partition coefficient (Wildman–Crippen LogP) is 1.75. The highest BCUT2D eigenvalue weighted by molar-refractivity contribution is 5.95. The van der Waals surface area contributed by atoms with Crippen LogP contribution in [0.3, 0.4) is 0 Å². The number of aromatic amines is 2. The average Bonchev–Trinajstić information content (AvgIpc) is 3.03. The summed E-state index contributed by atoms with van der Waals surface area (Å²) in [7, 11) is 1.80. The Kier molecular flexibility index (Phi) is 3.84. The molecule has 1 amide bonds. The first-order valence-corrected chi connectivity index (χ1v) is 8.37. The summed E-state index contributed by atoms with van der Waals surface area (Å²) in [5.74, 6) is -0.0644. The van der Waals surface area contributed by atoms with Gasteiger partial charge in [-0.3, -0.25) is 9.59 Å². The van der Waals surface area contributed by atoms with Gasteiger partial charge in [-0.05, 0) is 23.8 Å². The number of amides is 1. The lowest BCUT2D eigenvalue weighted by Gasteiger charge is -2.45. The molecule has 0 atom stereocenters. The van der Waals surface area contributed by atoms with Crippen LogP contribution in [-0.2, 0) is 4.79 Å². The van der Waals surface area contributed by atoms with Crippen molar-refractivity contribution in [2.75, 3.05) is 25.0 Å². The lowest BCUT2D eigenvalue weighted by molar-refractivity contribution is -0.127. The Morgan fingerprint density at radius 2 is 2.19 bits per heavy atom. The first-order chi connectivity index (χ1) is 12.6. The fourth-order valence-corrected chi connectivity index (χ4v) is 3.25. The smallest absolute Gasteiger partial charge is 0.248 e. The molecule has 0 bridgehead atoms. The molecule has 0 aromatic carbocycles. The third-order valence-corrected chi connectivity index (χ3v) is 4.90. The largest absolute Gasteiger partial charge is 0.366 e. The van der Waals surface area contributed by atoms with Crippen molar-refractivity contribution in [2.24, 2.45) is 0 Å². The summed E-state index contributed by atoms with van der Waals surface area (Å²) in [5, 5.41) is 0.965. The minimum absolute atomic E-state index is 0.0644. The van der Waals surface area contributed by atoms with Crippen LogP contribution in [-0.4, -0.2) is 51.9 Å². The lowest BCUT2D eigenvalue weighted by atomic mass is 10.0. The van der Waals surface area contributed by atoms with Gasteiger partial charge in [-0.2, -0.15) is 0 Å².